The molecule has 0 saturated carbocycles. The van der Waals surface area contributed by atoms with Crippen LogP contribution in [0.25, 0.3) is 0 Å². The van der Waals surface area contributed by atoms with Crippen molar-refractivity contribution >= 4 is 39.6 Å². The number of nitrogens with zero attached hydrogens (tertiary/aromatic N) is 2. The molecule has 0 aliphatic carbocycles. The van der Waals surface area contributed by atoms with E-state index in [-0.39, 0.29) is 31.3 Å². The Morgan fingerprint density at radius 2 is 1.73 bits per heavy atom. The summed E-state index contributed by atoms with van der Waals surface area (Å²) in [4.78, 5) is 23.8. The van der Waals surface area contributed by atoms with Gasteiger partial charge in [-0.2, -0.15) is 10.4 Å². The van der Waals surface area contributed by atoms with E-state index in [0.29, 0.717) is 21.5 Å². The molecule has 3 rings (SSSR count). The summed E-state index contributed by atoms with van der Waals surface area (Å²) >= 11 is 3.46. The van der Waals surface area contributed by atoms with Crippen LogP contribution in [0, 0.1) is 11.3 Å². The summed E-state index contributed by atoms with van der Waals surface area (Å²) in [7, 11) is 0. The zero-order valence-corrected chi connectivity index (χ0v) is 19.2. The van der Waals surface area contributed by atoms with Crippen LogP contribution in [0.5, 0.6) is 5.75 Å². The average molecular weight is 505 g/mol. The zero-order valence-electron chi connectivity index (χ0n) is 17.6. The third kappa shape index (κ3) is 7.59. The van der Waals surface area contributed by atoms with Crippen LogP contribution in [0.4, 0.5) is 5.69 Å². The number of carbonyl (C=O) groups is 2. The number of hydrogen-bond acceptors (Lipinski definition) is 5. The molecule has 33 heavy (non-hydrogen) atoms. The number of benzene rings is 3. The number of anilines is 1. The monoisotopic (exact) mass is 504 g/mol. The number of nitrogens with one attached hydrogen (secondary N) is 2. The number of hydrazone groups is 1. The number of ether oxygens (including phenoxy) is 1. The van der Waals surface area contributed by atoms with Crippen molar-refractivity contribution in [2.45, 2.75) is 19.4 Å². The number of halogens is 1. The Bertz CT molecular complexity index is 1190. The Kier molecular flexibility index (Phi) is 8.74. The minimum absolute atomic E-state index is 0.0245. The van der Waals surface area contributed by atoms with Gasteiger partial charge in [-0.25, -0.2) is 5.43 Å². The van der Waals surface area contributed by atoms with Crippen molar-refractivity contribution in [1.82, 2.24) is 5.43 Å². The van der Waals surface area contributed by atoms with E-state index in [2.05, 4.69) is 37.8 Å². The van der Waals surface area contributed by atoms with Crippen LogP contribution in [0.2, 0.25) is 0 Å². The van der Waals surface area contributed by atoms with Crippen molar-refractivity contribution in [3.8, 4) is 11.8 Å². The van der Waals surface area contributed by atoms with Crippen LogP contribution >= 0.6 is 15.9 Å². The molecular weight excluding hydrogens is 484 g/mol. The summed E-state index contributed by atoms with van der Waals surface area (Å²) in [6.45, 7) is 0.268. The van der Waals surface area contributed by atoms with E-state index in [4.69, 9.17) is 10.00 Å². The van der Waals surface area contributed by atoms with Crippen molar-refractivity contribution in [1.29, 1.82) is 5.26 Å². The molecule has 0 aromatic heterocycles. The average Bonchev–Trinajstić information content (AvgIpc) is 2.83. The van der Waals surface area contributed by atoms with Gasteiger partial charge in [0.05, 0.1) is 22.3 Å². The largest absolute Gasteiger partial charge is 0.488 e. The Morgan fingerprint density at radius 3 is 2.48 bits per heavy atom. The predicted octanol–water partition coefficient (Wildman–Crippen LogP) is 4.77. The molecule has 0 aliphatic rings. The maximum Gasteiger partial charge on any atom is 0.240 e. The molecule has 7 nitrogen and oxygen atoms in total. The number of hydrogen-bond donors (Lipinski definition) is 2. The van der Waals surface area contributed by atoms with Crippen LogP contribution in [-0.2, 0) is 16.2 Å². The van der Waals surface area contributed by atoms with E-state index in [1.165, 1.54) is 6.21 Å². The van der Waals surface area contributed by atoms with Gasteiger partial charge in [-0.3, -0.25) is 9.59 Å². The first-order valence-electron chi connectivity index (χ1n) is 10.1. The van der Waals surface area contributed by atoms with E-state index < -0.39 is 0 Å². The molecule has 0 bridgehead atoms. The first-order valence-corrected chi connectivity index (χ1v) is 10.9. The highest BCUT2D eigenvalue weighted by atomic mass is 79.9. The van der Waals surface area contributed by atoms with Gasteiger partial charge in [0.15, 0.2) is 0 Å². The van der Waals surface area contributed by atoms with E-state index in [9.17, 15) is 9.59 Å². The quantitative estimate of drug-likeness (QED) is 0.323. The third-order valence-corrected chi connectivity index (χ3v) is 5.14. The predicted molar refractivity (Wildman–Crippen MR) is 130 cm³/mol. The highest BCUT2D eigenvalue weighted by molar-refractivity contribution is 9.10. The van der Waals surface area contributed by atoms with Gasteiger partial charge in [0.1, 0.15) is 12.4 Å². The summed E-state index contributed by atoms with van der Waals surface area (Å²) in [6.07, 6.45) is 1.58. The van der Waals surface area contributed by atoms with E-state index in [1.54, 1.807) is 36.4 Å². The van der Waals surface area contributed by atoms with E-state index in [1.807, 2.05) is 36.4 Å². The Hall–Kier alpha value is -3.96. The Balaban J connectivity index is 1.45. The molecular formula is C25H21BrN4O3. The van der Waals surface area contributed by atoms with Crippen molar-refractivity contribution in [2.75, 3.05) is 5.32 Å². The minimum atomic E-state index is -0.357. The van der Waals surface area contributed by atoms with Gasteiger partial charge in [0.25, 0.3) is 0 Å². The summed E-state index contributed by atoms with van der Waals surface area (Å²) in [6, 6.07) is 23.8. The summed E-state index contributed by atoms with van der Waals surface area (Å²) in [5.74, 6) is 0.0234. The second-order valence-corrected chi connectivity index (χ2v) is 7.81. The summed E-state index contributed by atoms with van der Waals surface area (Å²) < 4.78 is 6.52. The number of carbonyl (C=O) groups excluding carboxylic acids is 2. The van der Waals surface area contributed by atoms with Gasteiger partial charge in [0.2, 0.25) is 11.8 Å². The molecule has 0 atom stereocenters. The second-order valence-electron chi connectivity index (χ2n) is 6.95. The zero-order chi connectivity index (χ0) is 23.5. The lowest BCUT2D eigenvalue weighted by Crippen LogP contribution is -2.20. The van der Waals surface area contributed by atoms with Gasteiger partial charge in [0, 0.05) is 24.1 Å². The van der Waals surface area contributed by atoms with Gasteiger partial charge in [-0.1, -0.05) is 36.4 Å². The molecule has 0 heterocycles. The molecule has 0 spiro atoms. The minimum Gasteiger partial charge on any atom is -0.488 e. The standard InChI is InChI=1S/C25H21BrN4O3/c26-22-14-18(10-11-23(22)33-17-20-7-5-4-6-19(20)15-27)16-28-30-25(32)13-12-24(31)29-21-8-2-1-3-9-21/h1-11,14,16H,12-13,17H2,(H,29,31)(H,30,32). The van der Waals surface area contributed by atoms with Crippen LogP contribution in [-0.4, -0.2) is 18.0 Å². The van der Waals surface area contributed by atoms with Crippen LogP contribution in [0.15, 0.2) is 82.4 Å². The van der Waals surface area contributed by atoms with Gasteiger partial charge < -0.3 is 10.1 Å². The number of para-hydroxylation sites is 1. The maximum atomic E-state index is 11.9. The lowest BCUT2D eigenvalue weighted by molar-refractivity contribution is -0.124. The second kappa shape index (κ2) is 12.2. The SMILES string of the molecule is N#Cc1ccccc1COc1ccc(C=NNC(=O)CCC(=O)Nc2ccccc2)cc1Br. The topological polar surface area (TPSA) is 104 Å². The Labute approximate surface area is 200 Å². The number of rotatable bonds is 9. The lowest BCUT2D eigenvalue weighted by atomic mass is 10.1. The molecule has 2 amide bonds. The van der Waals surface area contributed by atoms with Crippen LogP contribution in [0.3, 0.4) is 0 Å². The summed E-state index contributed by atoms with van der Waals surface area (Å²) in [5, 5.41) is 15.8. The normalized spacial score (nSPS) is 10.4. The first kappa shape index (κ1) is 23.7. The number of amides is 2. The highest BCUT2D eigenvalue weighted by Gasteiger charge is 2.07. The fourth-order valence-corrected chi connectivity index (χ4v) is 3.34. The van der Waals surface area contributed by atoms with E-state index in [0.717, 1.165) is 11.1 Å². The fraction of sp³-hybridized carbons (Fsp3) is 0.120. The molecule has 0 unspecified atom stereocenters. The van der Waals surface area contributed by atoms with Crippen molar-refractivity contribution in [3.63, 3.8) is 0 Å². The highest BCUT2D eigenvalue weighted by Crippen LogP contribution is 2.26. The third-order valence-electron chi connectivity index (χ3n) is 4.52. The van der Waals surface area contributed by atoms with Crippen molar-refractivity contribution < 1.29 is 14.3 Å². The molecule has 0 radical (unpaired) electrons. The maximum absolute atomic E-state index is 11.9. The van der Waals surface area contributed by atoms with Crippen LogP contribution < -0.4 is 15.5 Å². The Morgan fingerprint density at radius 1 is 1.00 bits per heavy atom. The smallest absolute Gasteiger partial charge is 0.240 e. The van der Waals surface area contributed by atoms with Gasteiger partial charge in [-0.15, -0.1) is 0 Å². The molecule has 3 aromatic carbocycles. The molecule has 0 saturated heterocycles. The van der Waals surface area contributed by atoms with E-state index >= 15 is 0 Å². The molecule has 3 aromatic rings. The molecule has 0 fully saturated rings. The van der Waals surface area contributed by atoms with Gasteiger partial charge in [-0.05, 0) is 57.9 Å². The van der Waals surface area contributed by atoms with Crippen LogP contribution in [0.1, 0.15) is 29.5 Å². The summed E-state index contributed by atoms with van der Waals surface area (Å²) in [5.41, 5.74) is 5.23. The van der Waals surface area contributed by atoms with Gasteiger partial charge >= 0.3 is 0 Å². The fourth-order valence-electron chi connectivity index (χ4n) is 2.83. The molecule has 2 N–H and O–H groups in total. The molecule has 8 heteroatoms. The van der Waals surface area contributed by atoms with Crippen molar-refractivity contribution in [3.05, 3.63) is 94.0 Å². The van der Waals surface area contributed by atoms with Crippen molar-refractivity contribution in [2.24, 2.45) is 5.10 Å². The first-order chi connectivity index (χ1) is 16.0. The number of nitriles is 1. The molecule has 0 aliphatic heterocycles. The lowest BCUT2D eigenvalue weighted by Gasteiger charge is -2.10. The molecule has 166 valence electrons.